The van der Waals surface area contributed by atoms with Crippen LogP contribution in [0.3, 0.4) is 0 Å². The summed E-state index contributed by atoms with van der Waals surface area (Å²) in [5.41, 5.74) is 4.51. The van der Waals surface area contributed by atoms with E-state index in [1.165, 1.54) is 4.90 Å². The van der Waals surface area contributed by atoms with E-state index in [9.17, 15) is 14.7 Å². The summed E-state index contributed by atoms with van der Waals surface area (Å²) in [6, 6.07) is 8.93. The molecule has 0 spiro atoms. The molecule has 4 rings (SSSR count). The molecule has 0 radical (unpaired) electrons. The lowest BCUT2D eigenvalue weighted by molar-refractivity contribution is -0.140. The van der Waals surface area contributed by atoms with Gasteiger partial charge in [0.25, 0.3) is 0 Å². The summed E-state index contributed by atoms with van der Waals surface area (Å²) < 4.78 is 5.30. The van der Waals surface area contributed by atoms with Crippen molar-refractivity contribution >= 4 is 23.2 Å². The van der Waals surface area contributed by atoms with Crippen molar-refractivity contribution in [3.63, 3.8) is 0 Å². The summed E-state index contributed by atoms with van der Waals surface area (Å²) in [6.07, 6.45) is 1.82. The second-order valence-corrected chi connectivity index (χ2v) is 8.89. The highest BCUT2D eigenvalue weighted by molar-refractivity contribution is 7.13. The number of amides is 2. The van der Waals surface area contributed by atoms with E-state index in [-0.39, 0.29) is 24.8 Å². The minimum absolute atomic E-state index is 0.129. The Labute approximate surface area is 190 Å². The third-order valence-electron chi connectivity index (χ3n) is 5.70. The van der Waals surface area contributed by atoms with Crippen LogP contribution in [0.2, 0.25) is 0 Å². The average Bonchev–Trinajstić information content (AvgIpc) is 3.54. The van der Waals surface area contributed by atoms with Crippen LogP contribution in [-0.4, -0.2) is 50.7 Å². The lowest BCUT2D eigenvalue weighted by Gasteiger charge is -2.26. The van der Waals surface area contributed by atoms with Gasteiger partial charge in [-0.2, -0.15) is 0 Å². The van der Waals surface area contributed by atoms with Gasteiger partial charge in [0.2, 0.25) is 11.8 Å². The monoisotopic (exact) mass is 454 g/mol. The molecule has 1 aliphatic rings. The van der Waals surface area contributed by atoms with Crippen LogP contribution in [0.4, 0.5) is 0 Å². The Balaban J connectivity index is 1.41. The van der Waals surface area contributed by atoms with Gasteiger partial charge in [0.05, 0.1) is 28.1 Å². The zero-order valence-corrected chi connectivity index (χ0v) is 18.8. The highest BCUT2D eigenvalue weighted by atomic mass is 32.1. The Morgan fingerprint density at radius 1 is 1.34 bits per heavy atom. The highest BCUT2D eigenvalue weighted by Gasteiger charge is 2.41. The summed E-state index contributed by atoms with van der Waals surface area (Å²) in [6.45, 7) is 4.15. The molecular formula is C23H26N4O4S. The summed E-state index contributed by atoms with van der Waals surface area (Å²) in [7, 11) is 0. The molecule has 1 aliphatic heterocycles. The van der Waals surface area contributed by atoms with Gasteiger partial charge in [-0.3, -0.25) is 14.6 Å². The fourth-order valence-electron chi connectivity index (χ4n) is 4.00. The number of aromatic nitrogens is 2. The van der Waals surface area contributed by atoms with Gasteiger partial charge in [0.1, 0.15) is 11.8 Å². The van der Waals surface area contributed by atoms with Gasteiger partial charge >= 0.3 is 0 Å². The van der Waals surface area contributed by atoms with Crippen molar-refractivity contribution in [3.8, 4) is 10.4 Å². The first kappa shape index (κ1) is 22.2. The summed E-state index contributed by atoms with van der Waals surface area (Å²) >= 11 is 1.57. The Bertz CT molecular complexity index is 1060. The fraction of sp³-hybridized carbons (Fsp3) is 0.391. The number of thiazole rings is 1. The smallest absolute Gasteiger partial charge is 0.243 e. The van der Waals surface area contributed by atoms with E-state index in [1.54, 1.807) is 29.8 Å². The number of likely N-dealkylation sites (tertiary alicyclic amines) is 1. The number of β-amino-alcohol motifs (C(OH)–C–C–N with tert-alkyl or cyclic N) is 1. The van der Waals surface area contributed by atoms with Crippen LogP contribution in [0.25, 0.3) is 10.4 Å². The third kappa shape index (κ3) is 4.73. The van der Waals surface area contributed by atoms with E-state index < -0.39 is 18.1 Å². The van der Waals surface area contributed by atoms with Crippen LogP contribution >= 0.6 is 11.3 Å². The minimum atomic E-state index is -0.734. The van der Waals surface area contributed by atoms with E-state index in [4.69, 9.17) is 4.52 Å². The van der Waals surface area contributed by atoms with Gasteiger partial charge < -0.3 is 19.8 Å². The molecule has 1 fully saturated rings. The van der Waals surface area contributed by atoms with E-state index >= 15 is 0 Å². The number of aryl methyl sites for hydroxylation is 1. The SMILES string of the molecule is CC[C@@H](C(=O)N1C[C@H](O)C[C@H]1C(=O)NCc1ccc(-c2cncs2)cc1)c1cc(C)no1. The molecule has 8 nitrogen and oxygen atoms in total. The van der Waals surface area contributed by atoms with Crippen LogP contribution in [0.1, 0.15) is 42.7 Å². The molecule has 3 heterocycles. The van der Waals surface area contributed by atoms with Crippen LogP contribution in [0.5, 0.6) is 0 Å². The number of nitrogens with zero attached hydrogens (tertiary/aromatic N) is 3. The molecular weight excluding hydrogens is 428 g/mol. The Hall–Kier alpha value is -3.04. The zero-order valence-electron chi connectivity index (χ0n) is 18.0. The third-order valence-corrected chi connectivity index (χ3v) is 6.52. The predicted octanol–water partition coefficient (Wildman–Crippen LogP) is 2.88. The first-order valence-corrected chi connectivity index (χ1v) is 11.5. The van der Waals surface area contributed by atoms with Gasteiger partial charge in [-0.1, -0.05) is 36.3 Å². The molecule has 9 heteroatoms. The van der Waals surface area contributed by atoms with Crippen molar-refractivity contribution in [2.45, 2.75) is 51.3 Å². The van der Waals surface area contributed by atoms with E-state index in [0.29, 0.717) is 24.4 Å². The van der Waals surface area contributed by atoms with Crippen LogP contribution < -0.4 is 5.32 Å². The maximum atomic E-state index is 13.2. The second kappa shape index (κ2) is 9.62. The lowest BCUT2D eigenvalue weighted by atomic mass is 10.0. The molecule has 168 valence electrons. The minimum Gasteiger partial charge on any atom is -0.391 e. The first-order valence-electron chi connectivity index (χ1n) is 10.6. The molecule has 2 N–H and O–H groups in total. The molecule has 2 aromatic heterocycles. The van der Waals surface area contributed by atoms with Crippen molar-refractivity contribution in [1.29, 1.82) is 0 Å². The number of aliphatic hydroxyl groups is 1. The van der Waals surface area contributed by atoms with E-state index in [1.807, 2.05) is 37.4 Å². The van der Waals surface area contributed by atoms with Crippen LogP contribution in [0, 0.1) is 6.92 Å². The first-order chi connectivity index (χ1) is 15.5. The average molecular weight is 455 g/mol. The molecule has 0 aliphatic carbocycles. The van der Waals surface area contributed by atoms with Gasteiger partial charge in [0.15, 0.2) is 0 Å². The second-order valence-electron chi connectivity index (χ2n) is 8.01. The summed E-state index contributed by atoms with van der Waals surface area (Å²) in [5.74, 6) is -0.549. The van der Waals surface area contributed by atoms with Crippen molar-refractivity contribution in [1.82, 2.24) is 20.4 Å². The van der Waals surface area contributed by atoms with Crippen LogP contribution in [-0.2, 0) is 16.1 Å². The topological polar surface area (TPSA) is 109 Å². The maximum Gasteiger partial charge on any atom is 0.243 e. The quantitative estimate of drug-likeness (QED) is 0.568. The van der Waals surface area contributed by atoms with Gasteiger partial charge in [-0.15, -0.1) is 11.3 Å². The number of carbonyl (C=O) groups is 2. The molecule has 0 bridgehead atoms. The molecule has 1 saturated heterocycles. The molecule has 1 aromatic carbocycles. The Morgan fingerprint density at radius 2 is 2.12 bits per heavy atom. The molecule has 0 unspecified atom stereocenters. The molecule has 3 atom stereocenters. The summed E-state index contributed by atoms with van der Waals surface area (Å²) in [5, 5.41) is 17.0. The molecule has 0 saturated carbocycles. The normalized spacial score (nSPS) is 19.2. The maximum absolute atomic E-state index is 13.2. The number of nitrogens with one attached hydrogen (secondary N) is 1. The van der Waals surface area contributed by atoms with Gasteiger partial charge in [0, 0.05) is 31.8 Å². The number of carbonyl (C=O) groups excluding carboxylic acids is 2. The molecule has 2 amide bonds. The predicted molar refractivity (Wildman–Crippen MR) is 120 cm³/mol. The highest BCUT2D eigenvalue weighted by Crippen LogP contribution is 2.28. The lowest BCUT2D eigenvalue weighted by Crippen LogP contribution is -2.47. The van der Waals surface area contributed by atoms with Crippen LogP contribution in [0.15, 0.2) is 46.6 Å². The number of benzene rings is 1. The number of hydrogen-bond donors (Lipinski definition) is 2. The molecule has 32 heavy (non-hydrogen) atoms. The number of aliphatic hydroxyl groups excluding tert-OH is 1. The van der Waals surface area contributed by atoms with Crippen molar-refractivity contribution < 1.29 is 19.2 Å². The molecule has 3 aromatic rings. The Kier molecular flexibility index (Phi) is 6.66. The number of rotatable bonds is 7. The summed E-state index contributed by atoms with van der Waals surface area (Å²) in [4.78, 5) is 32.8. The van der Waals surface area contributed by atoms with Gasteiger partial charge in [-0.05, 0) is 24.5 Å². The largest absolute Gasteiger partial charge is 0.391 e. The van der Waals surface area contributed by atoms with E-state index in [2.05, 4.69) is 15.5 Å². The zero-order chi connectivity index (χ0) is 22.7. The van der Waals surface area contributed by atoms with Crippen molar-refractivity contribution in [2.75, 3.05) is 6.54 Å². The Morgan fingerprint density at radius 3 is 2.75 bits per heavy atom. The van der Waals surface area contributed by atoms with Gasteiger partial charge in [-0.25, -0.2) is 0 Å². The van der Waals surface area contributed by atoms with E-state index in [0.717, 1.165) is 16.0 Å². The fourth-order valence-corrected chi connectivity index (χ4v) is 4.63. The standard InChI is InChI=1S/C23H26N4O4S/c1-3-18(20-8-14(2)26-31-20)23(30)27-12-17(28)9-19(27)22(29)25-10-15-4-6-16(7-5-15)21-11-24-13-32-21/h4-8,11,13,17-19,28H,3,9-10,12H2,1-2H3,(H,25,29)/t17-,18-,19+/m1/s1. The number of hydrogen-bond acceptors (Lipinski definition) is 7. The van der Waals surface area contributed by atoms with Crippen molar-refractivity contribution in [2.24, 2.45) is 0 Å². The van der Waals surface area contributed by atoms with Crippen molar-refractivity contribution in [3.05, 3.63) is 59.1 Å².